The lowest BCUT2D eigenvalue weighted by molar-refractivity contribution is -0.126. The van der Waals surface area contributed by atoms with Crippen LogP contribution in [0.4, 0.5) is 10.5 Å². The Labute approximate surface area is 162 Å². The number of carbonyl (C=O) groups is 2. The number of nitrogens with one attached hydrogen (secondary N) is 1. The van der Waals surface area contributed by atoms with Crippen LogP contribution in [0.15, 0.2) is 34.9 Å². The standard InChI is InChI=1S/C17H21ClN2O6S/c1-17(2,3)26-16(23)20-9-8-13(21)14(15(20)22)27(24,25)10-19-12-7-5-4-6-11(12)18/h4-7,19,21H,8-10H2,1-3H3. The molecule has 10 heteroatoms. The zero-order valence-electron chi connectivity index (χ0n) is 15.2. The first-order valence-corrected chi connectivity index (χ1v) is 10.1. The van der Waals surface area contributed by atoms with E-state index in [-0.39, 0.29) is 13.0 Å². The van der Waals surface area contributed by atoms with Crippen molar-refractivity contribution in [1.29, 1.82) is 0 Å². The molecule has 0 spiro atoms. The normalized spacial score (nSPS) is 15.7. The predicted octanol–water partition coefficient (Wildman–Crippen LogP) is 3.06. The number of rotatable bonds is 4. The van der Waals surface area contributed by atoms with Gasteiger partial charge in [0.15, 0.2) is 4.91 Å². The second kappa shape index (κ2) is 7.77. The van der Waals surface area contributed by atoms with E-state index in [4.69, 9.17) is 16.3 Å². The van der Waals surface area contributed by atoms with E-state index in [0.29, 0.717) is 15.6 Å². The quantitative estimate of drug-likeness (QED) is 0.775. The SMILES string of the molecule is CC(C)(C)OC(=O)N1CCC(O)=C(S(=O)(=O)CNc2ccccc2Cl)C1=O. The summed E-state index contributed by atoms with van der Waals surface area (Å²) in [6.07, 6.45) is -1.14. The molecule has 8 nitrogen and oxygen atoms in total. The fraction of sp³-hybridized carbons (Fsp3) is 0.412. The number of aliphatic hydroxyl groups excluding tert-OH is 1. The third kappa shape index (κ3) is 5.14. The second-order valence-corrected chi connectivity index (χ2v) is 9.21. The number of para-hydroxylation sites is 1. The molecule has 0 aliphatic carbocycles. The summed E-state index contributed by atoms with van der Waals surface area (Å²) in [6.45, 7) is 4.70. The van der Waals surface area contributed by atoms with E-state index in [1.807, 2.05) is 0 Å². The first-order chi connectivity index (χ1) is 12.4. The number of anilines is 1. The third-order valence-corrected chi connectivity index (χ3v) is 5.41. The summed E-state index contributed by atoms with van der Waals surface area (Å²) in [5.74, 6) is -2.38. The molecule has 0 radical (unpaired) electrons. The maximum absolute atomic E-state index is 12.6. The highest BCUT2D eigenvalue weighted by atomic mass is 35.5. The Hall–Kier alpha value is -2.26. The van der Waals surface area contributed by atoms with Gasteiger partial charge < -0.3 is 15.2 Å². The zero-order chi connectivity index (χ0) is 20.4. The molecule has 0 saturated heterocycles. The summed E-state index contributed by atoms with van der Waals surface area (Å²) in [5.41, 5.74) is -0.499. The maximum Gasteiger partial charge on any atom is 0.417 e. The minimum absolute atomic E-state index is 0.170. The average molecular weight is 417 g/mol. The molecular weight excluding hydrogens is 396 g/mol. The lowest BCUT2D eigenvalue weighted by Gasteiger charge is -2.29. The number of amides is 2. The van der Waals surface area contributed by atoms with E-state index in [9.17, 15) is 23.1 Å². The van der Waals surface area contributed by atoms with Gasteiger partial charge in [0, 0.05) is 13.0 Å². The van der Waals surface area contributed by atoms with Crippen molar-refractivity contribution in [3.05, 3.63) is 40.0 Å². The number of halogens is 1. The van der Waals surface area contributed by atoms with Gasteiger partial charge in [0.05, 0.1) is 10.7 Å². The van der Waals surface area contributed by atoms with Crippen LogP contribution in [-0.4, -0.2) is 48.4 Å². The zero-order valence-corrected chi connectivity index (χ0v) is 16.7. The topological polar surface area (TPSA) is 113 Å². The summed E-state index contributed by atoms with van der Waals surface area (Å²) < 4.78 is 30.4. The monoisotopic (exact) mass is 416 g/mol. The number of hydrogen-bond donors (Lipinski definition) is 2. The Balaban J connectivity index is 2.22. The van der Waals surface area contributed by atoms with Crippen LogP contribution in [0.2, 0.25) is 5.02 Å². The van der Waals surface area contributed by atoms with Crippen LogP contribution in [0, 0.1) is 0 Å². The molecule has 1 aliphatic heterocycles. The Morgan fingerprint density at radius 3 is 2.56 bits per heavy atom. The average Bonchev–Trinajstić information content (AvgIpc) is 2.52. The van der Waals surface area contributed by atoms with Crippen LogP contribution in [0.25, 0.3) is 0 Å². The van der Waals surface area contributed by atoms with Gasteiger partial charge in [-0.15, -0.1) is 0 Å². The molecule has 2 amide bonds. The number of carbonyl (C=O) groups excluding carboxylic acids is 2. The predicted molar refractivity (Wildman–Crippen MR) is 101 cm³/mol. The summed E-state index contributed by atoms with van der Waals surface area (Å²) in [5, 5.41) is 12.9. The Kier molecular flexibility index (Phi) is 6.06. The van der Waals surface area contributed by atoms with Crippen molar-refractivity contribution in [2.24, 2.45) is 0 Å². The van der Waals surface area contributed by atoms with E-state index in [1.165, 1.54) is 0 Å². The Bertz CT molecular complexity index is 889. The minimum Gasteiger partial charge on any atom is -0.511 e. The van der Waals surface area contributed by atoms with E-state index >= 15 is 0 Å². The number of hydrogen-bond acceptors (Lipinski definition) is 7. The smallest absolute Gasteiger partial charge is 0.417 e. The minimum atomic E-state index is -4.25. The van der Waals surface area contributed by atoms with Crippen molar-refractivity contribution in [1.82, 2.24) is 4.90 Å². The van der Waals surface area contributed by atoms with Crippen LogP contribution >= 0.6 is 11.6 Å². The summed E-state index contributed by atoms with van der Waals surface area (Å²) >= 11 is 5.97. The lowest BCUT2D eigenvalue weighted by atomic mass is 10.2. The van der Waals surface area contributed by atoms with Gasteiger partial charge in [-0.2, -0.15) is 0 Å². The van der Waals surface area contributed by atoms with E-state index in [1.54, 1.807) is 45.0 Å². The largest absolute Gasteiger partial charge is 0.511 e. The highest BCUT2D eigenvalue weighted by Crippen LogP contribution is 2.26. The molecule has 2 N–H and O–H groups in total. The first kappa shape index (κ1) is 21.0. The van der Waals surface area contributed by atoms with Crippen molar-refractivity contribution in [3.63, 3.8) is 0 Å². The van der Waals surface area contributed by atoms with Crippen molar-refractivity contribution >= 4 is 39.1 Å². The summed E-state index contributed by atoms with van der Waals surface area (Å²) in [4.78, 5) is 24.6. The van der Waals surface area contributed by atoms with Crippen molar-refractivity contribution in [2.75, 3.05) is 17.7 Å². The Morgan fingerprint density at radius 2 is 1.96 bits per heavy atom. The van der Waals surface area contributed by atoms with Gasteiger partial charge in [-0.05, 0) is 32.9 Å². The highest BCUT2D eigenvalue weighted by Gasteiger charge is 2.40. The molecule has 27 heavy (non-hydrogen) atoms. The van der Waals surface area contributed by atoms with Crippen molar-refractivity contribution < 1.29 is 27.9 Å². The lowest BCUT2D eigenvalue weighted by Crippen LogP contribution is -2.46. The molecule has 1 heterocycles. The van der Waals surface area contributed by atoms with Gasteiger partial charge in [0.25, 0.3) is 5.91 Å². The summed E-state index contributed by atoms with van der Waals surface area (Å²) in [7, 11) is -4.25. The molecule has 0 aromatic heterocycles. The molecule has 148 valence electrons. The molecule has 0 atom stereocenters. The van der Waals surface area contributed by atoms with E-state index < -0.39 is 44.0 Å². The van der Waals surface area contributed by atoms with Crippen LogP contribution in [0.5, 0.6) is 0 Å². The first-order valence-electron chi connectivity index (χ1n) is 8.10. The number of ether oxygens (including phenoxy) is 1. The number of benzene rings is 1. The fourth-order valence-corrected chi connectivity index (χ4v) is 3.86. The van der Waals surface area contributed by atoms with E-state index in [0.717, 1.165) is 0 Å². The number of aliphatic hydroxyl groups is 1. The van der Waals surface area contributed by atoms with E-state index in [2.05, 4.69) is 5.32 Å². The highest BCUT2D eigenvalue weighted by molar-refractivity contribution is 7.96. The molecule has 0 bridgehead atoms. The third-order valence-electron chi connectivity index (χ3n) is 3.53. The molecular formula is C17H21ClN2O6S. The fourth-order valence-electron chi connectivity index (χ4n) is 2.33. The van der Waals surface area contributed by atoms with Gasteiger partial charge in [-0.25, -0.2) is 18.1 Å². The molecule has 0 unspecified atom stereocenters. The maximum atomic E-state index is 12.6. The number of nitrogens with zero attached hydrogens (tertiary/aromatic N) is 1. The summed E-state index contributed by atoms with van der Waals surface area (Å²) in [6, 6.07) is 6.48. The number of sulfone groups is 1. The Morgan fingerprint density at radius 1 is 1.33 bits per heavy atom. The molecule has 2 rings (SSSR count). The van der Waals surface area contributed by atoms with Crippen LogP contribution in [0.3, 0.4) is 0 Å². The number of imide groups is 1. The van der Waals surface area contributed by atoms with Crippen molar-refractivity contribution in [2.45, 2.75) is 32.8 Å². The molecule has 1 aromatic rings. The second-order valence-electron chi connectivity index (χ2n) is 6.88. The van der Waals surface area contributed by atoms with Gasteiger partial charge in [-0.1, -0.05) is 23.7 Å². The van der Waals surface area contributed by atoms with Crippen molar-refractivity contribution in [3.8, 4) is 0 Å². The van der Waals surface area contributed by atoms with Gasteiger partial charge in [0.2, 0.25) is 9.84 Å². The van der Waals surface area contributed by atoms with Crippen LogP contribution in [-0.2, 0) is 19.4 Å². The molecule has 0 fully saturated rings. The van der Waals surface area contributed by atoms with Crippen LogP contribution < -0.4 is 5.32 Å². The van der Waals surface area contributed by atoms with Gasteiger partial charge >= 0.3 is 6.09 Å². The van der Waals surface area contributed by atoms with Crippen LogP contribution in [0.1, 0.15) is 27.2 Å². The van der Waals surface area contributed by atoms with Gasteiger partial charge in [0.1, 0.15) is 17.2 Å². The molecule has 1 aliphatic rings. The molecule has 0 saturated carbocycles. The molecule has 1 aromatic carbocycles. The van der Waals surface area contributed by atoms with Gasteiger partial charge in [-0.3, -0.25) is 4.79 Å².